The lowest BCUT2D eigenvalue weighted by atomic mass is 10.0. The predicted molar refractivity (Wildman–Crippen MR) is 80.0 cm³/mol. The number of nitrogens with one attached hydrogen (secondary N) is 1. The number of hydrogen-bond acceptors (Lipinski definition) is 4. The minimum absolute atomic E-state index is 0.0186. The van der Waals surface area contributed by atoms with Crippen molar-refractivity contribution >= 4 is 22.2 Å². The minimum atomic E-state index is 0.0186. The first-order chi connectivity index (χ1) is 9.28. The Morgan fingerprint density at radius 2 is 2.11 bits per heavy atom. The summed E-state index contributed by atoms with van der Waals surface area (Å²) < 4.78 is 0. The average Bonchev–Trinajstić information content (AvgIpc) is 2.86. The third kappa shape index (κ3) is 2.38. The lowest BCUT2D eigenvalue weighted by Gasteiger charge is -2.15. The van der Waals surface area contributed by atoms with Gasteiger partial charge >= 0.3 is 0 Å². The Morgan fingerprint density at radius 1 is 1.21 bits per heavy atom. The molecule has 3 N–H and O–H groups in total. The lowest BCUT2D eigenvalue weighted by Crippen LogP contribution is -2.28. The van der Waals surface area contributed by atoms with Gasteiger partial charge in [-0.3, -0.25) is 10.8 Å². The maximum Gasteiger partial charge on any atom is 0.0803 e. The van der Waals surface area contributed by atoms with Crippen LogP contribution in [-0.4, -0.2) is 4.98 Å². The fourth-order valence-electron chi connectivity index (χ4n) is 2.21. The summed E-state index contributed by atoms with van der Waals surface area (Å²) in [6.45, 7) is 2.10. The molecule has 0 saturated heterocycles. The number of hydrogen-bond donors (Lipinski definition) is 2. The molecule has 3 rings (SSSR count). The summed E-state index contributed by atoms with van der Waals surface area (Å²) in [5.74, 6) is 5.73. The van der Waals surface area contributed by atoms with Crippen LogP contribution >= 0.6 is 11.3 Å². The number of pyridine rings is 1. The van der Waals surface area contributed by atoms with Crippen molar-refractivity contribution in [2.75, 3.05) is 0 Å². The van der Waals surface area contributed by atoms with Crippen LogP contribution in [0.2, 0.25) is 0 Å². The number of aromatic nitrogens is 1. The van der Waals surface area contributed by atoms with E-state index >= 15 is 0 Å². The molecule has 2 aromatic heterocycles. The highest BCUT2D eigenvalue weighted by Gasteiger charge is 2.14. The number of thiophene rings is 1. The van der Waals surface area contributed by atoms with Gasteiger partial charge in [-0.2, -0.15) is 0 Å². The number of hydrazine groups is 1. The van der Waals surface area contributed by atoms with Crippen molar-refractivity contribution in [3.05, 3.63) is 64.0 Å². The second-order valence-electron chi connectivity index (χ2n) is 4.50. The van der Waals surface area contributed by atoms with E-state index in [-0.39, 0.29) is 6.04 Å². The van der Waals surface area contributed by atoms with Gasteiger partial charge in [-0.05, 0) is 36.8 Å². The third-order valence-electron chi connectivity index (χ3n) is 3.18. The molecule has 2 heterocycles. The molecular weight excluding hydrogens is 254 g/mol. The zero-order valence-electron chi connectivity index (χ0n) is 10.6. The van der Waals surface area contributed by atoms with E-state index in [9.17, 15) is 0 Å². The molecule has 19 heavy (non-hydrogen) atoms. The summed E-state index contributed by atoms with van der Waals surface area (Å²) in [5.41, 5.74) is 5.02. The smallest absolute Gasteiger partial charge is 0.0803 e. The van der Waals surface area contributed by atoms with Crippen LogP contribution in [0.5, 0.6) is 0 Å². The van der Waals surface area contributed by atoms with Gasteiger partial charge in [-0.15, -0.1) is 11.3 Å². The molecule has 96 valence electrons. The van der Waals surface area contributed by atoms with E-state index in [1.54, 1.807) is 11.3 Å². The van der Waals surface area contributed by atoms with E-state index in [1.807, 2.05) is 12.3 Å². The van der Waals surface area contributed by atoms with E-state index < -0.39 is 0 Å². The maximum absolute atomic E-state index is 5.73. The first-order valence-electron chi connectivity index (χ1n) is 6.15. The Kier molecular flexibility index (Phi) is 3.29. The van der Waals surface area contributed by atoms with Gasteiger partial charge in [-0.1, -0.05) is 18.2 Å². The largest absolute Gasteiger partial charge is 0.271 e. The van der Waals surface area contributed by atoms with E-state index in [4.69, 9.17) is 5.84 Å². The molecule has 3 nitrogen and oxygen atoms in total. The second kappa shape index (κ2) is 5.09. The van der Waals surface area contributed by atoms with Gasteiger partial charge in [0.05, 0.1) is 11.6 Å². The molecule has 0 aliphatic carbocycles. The van der Waals surface area contributed by atoms with Crippen molar-refractivity contribution < 1.29 is 0 Å². The van der Waals surface area contributed by atoms with Crippen LogP contribution in [0, 0.1) is 6.92 Å². The fraction of sp³-hybridized carbons (Fsp3) is 0.133. The van der Waals surface area contributed by atoms with Crippen LogP contribution in [0.3, 0.4) is 0 Å². The Bertz CT molecular complexity index is 705. The number of nitrogens with zero attached hydrogens (tertiary/aromatic N) is 1. The number of fused-ring (bicyclic) bond motifs is 1. The van der Waals surface area contributed by atoms with Crippen LogP contribution in [0.4, 0.5) is 0 Å². The van der Waals surface area contributed by atoms with E-state index in [0.29, 0.717) is 0 Å². The molecule has 0 aliphatic rings. The molecule has 1 atom stereocenters. The second-order valence-corrected chi connectivity index (χ2v) is 5.82. The van der Waals surface area contributed by atoms with Gasteiger partial charge in [0.15, 0.2) is 0 Å². The monoisotopic (exact) mass is 269 g/mol. The summed E-state index contributed by atoms with van der Waals surface area (Å²) in [4.78, 5) is 6.90. The van der Waals surface area contributed by atoms with Gasteiger partial charge in [0, 0.05) is 21.3 Å². The summed E-state index contributed by atoms with van der Waals surface area (Å²) in [6.07, 6.45) is 1.81. The summed E-state index contributed by atoms with van der Waals surface area (Å²) in [6, 6.07) is 14.5. The normalized spacial score (nSPS) is 12.7. The summed E-state index contributed by atoms with van der Waals surface area (Å²) in [5, 5.41) is 1.14. The topological polar surface area (TPSA) is 50.9 Å². The van der Waals surface area contributed by atoms with Gasteiger partial charge in [0.25, 0.3) is 0 Å². The van der Waals surface area contributed by atoms with Gasteiger partial charge in [0.2, 0.25) is 0 Å². The summed E-state index contributed by atoms with van der Waals surface area (Å²) >= 11 is 1.76. The molecule has 0 amide bonds. The molecule has 0 fully saturated rings. The zero-order valence-corrected chi connectivity index (χ0v) is 11.4. The molecule has 4 heteroatoms. The highest BCUT2D eigenvalue weighted by atomic mass is 32.1. The van der Waals surface area contributed by atoms with Crippen molar-refractivity contribution in [3.8, 4) is 0 Å². The molecule has 1 unspecified atom stereocenters. The van der Waals surface area contributed by atoms with Gasteiger partial charge < -0.3 is 0 Å². The molecule has 3 aromatic rings. The molecule has 0 aliphatic heterocycles. The number of benzene rings is 1. The molecule has 0 spiro atoms. The average molecular weight is 269 g/mol. The maximum atomic E-state index is 5.73. The first kappa shape index (κ1) is 12.3. The standard InChI is InChI=1S/C15H15N3S/c1-10-4-7-14(19-10)15(18-16)12-6-5-11-3-2-8-17-13(11)9-12/h2-9,15,18H,16H2,1H3. The first-order valence-corrected chi connectivity index (χ1v) is 6.97. The van der Waals surface area contributed by atoms with E-state index in [1.165, 1.54) is 9.75 Å². The Labute approximate surface area is 116 Å². The summed E-state index contributed by atoms with van der Waals surface area (Å²) in [7, 11) is 0. The van der Waals surface area contributed by atoms with Crippen LogP contribution in [-0.2, 0) is 0 Å². The van der Waals surface area contributed by atoms with Crippen molar-refractivity contribution in [1.82, 2.24) is 10.4 Å². The molecular formula is C15H15N3S. The number of nitrogens with two attached hydrogens (primary N) is 1. The molecule has 0 radical (unpaired) electrons. The number of aryl methyl sites for hydroxylation is 1. The van der Waals surface area contributed by atoms with Gasteiger partial charge in [0.1, 0.15) is 0 Å². The highest BCUT2D eigenvalue weighted by molar-refractivity contribution is 7.12. The Balaban J connectivity index is 2.06. The fourth-order valence-corrected chi connectivity index (χ4v) is 3.18. The minimum Gasteiger partial charge on any atom is -0.271 e. The lowest BCUT2D eigenvalue weighted by molar-refractivity contribution is 0.647. The molecule has 1 aromatic carbocycles. The van der Waals surface area contributed by atoms with Crippen LogP contribution in [0.15, 0.2) is 48.7 Å². The predicted octanol–water partition coefficient (Wildman–Crippen LogP) is 3.16. The van der Waals surface area contributed by atoms with E-state index in [2.05, 4.69) is 53.7 Å². The van der Waals surface area contributed by atoms with Crippen LogP contribution in [0.25, 0.3) is 10.9 Å². The van der Waals surface area contributed by atoms with Crippen LogP contribution in [0.1, 0.15) is 21.4 Å². The molecule has 0 bridgehead atoms. The van der Waals surface area contributed by atoms with Crippen molar-refractivity contribution in [1.29, 1.82) is 0 Å². The third-order valence-corrected chi connectivity index (χ3v) is 4.24. The quantitative estimate of drug-likeness (QED) is 0.567. The van der Waals surface area contributed by atoms with E-state index in [0.717, 1.165) is 16.5 Å². The highest BCUT2D eigenvalue weighted by Crippen LogP contribution is 2.29. The Hall–Kier alpha value is -1.75. The SMILES string of the molecule is Cc1ccc(C(NN)c2ccc3cccnc3c2)s1. The van der Waals surface area contributed by atoms with Crippen molar-refractivity contribution in [3.63, 3.8) is 0 Å². The van der Waals surface area contributed by atoms with Crippen molar-refractivity contribution in [2.24, 2.45) is 5.84 Å². The van der Waals surface area contributed by atoms with Crippen molar-refractivity contribution in [2.45, 2.75) is 13.0 Å². The Morgan fingerprint density at radius 3 is 2.84 bits per heavy atom. The van der Waals surface area contributed by atoms with Crippen LogP contribution < -0.4 is 11.3 Å². The molecule has 0 saturated carbocycles. The van der Waals surface area contributed by atoms with Gasteiger partial charge in [-0.25, -0.2) is 5.43 Å². The number of rotatable bonds is 3. The zero-order chi connectivity index (χ0) is 13.2.